The summed E-state index contributed by atoms with van der Waals surface area (Å²) < 4.78 is 0. The molecule has 1 atom stereocenters. The first kappa shape index (κ1) is 17.4. The standard InChI is InChI=1S/C16H24N4O3/c1-3-4-6-16(17-18-16)7-5-14(21)20-10-8-19(9-11-20)13(2)12-15(22)23/h1,13H,4-12H2,2H3,(H,22,23). The van der Waals surface area contributed by atoms with E-state index in [4.69, 9.17) is 11.5 Å². The lowest BCUT2D eigenvalue weighted by atomic mass is 10.0. The molecule has 7 heteroatoms. The molecule has 23 heavy (non-hydrogen) atoms. The number of aliphatic carboxylic acids is 1. The number of hydrogen-bond acceptors (Lipinski definition) is 5. The van der Waals surface area contributed by atoms with Crippen LogP contribution in [0.25, 0.3) is 0 Å². The Morgan fingerprint density at radius 2 is 1.91 bits per heavy atom. The first-order chi connectivity index (χ1) is 11.0. The maximum absolute atomic E-state index is 12.3. The quantitative estimate of drug-likeness (QED) is 0.684. The molecule has 7 nitrogen and oxygen atoms in total. The second-order valence-electron chi connectivity index (χ2n) is 6.25. The first-order valence-electron chi connectivity index (χ1n) is 8.07. The van der Waals surface area contributed by atoms with Crippen LogP contribution in [0.1, 0.15) is 39.0 Å². The zero-order chi connectivity index (χ0) is 16.9. The molecule has 0 radical (unpaired) electrons. The number of carboxylic acids is 1. The van der Waals surface area contributed by atoms with E-state index in [0.29, 0.717) is 32.4 Å². The van der Waals surface area contributed by atoms with Gasteiger partial charge in [-0.05, 0) is 6.92 Å². The molecule has 0 bridgehead atoms. The van der Waals surface area contributed by atoms with Gasteiger partial charge in [-0.15, -0.1) is 12.3 Å². The number of carbonyl (C=O) groups excluding carboxylic acids is 1. The summed E-state index contributed by atoms with van der Waals surface area (Å²) in [5, 5.41) is 16.9. The third-order valence-electron chi connectivity index (χ3n) is 4.55. The molecule has 2 rings (SSSR count). The first-order valence-corrected chi connectivity index (χ1v) is 8.07. The number of piperazine rings is 1. The molecule has 0 aliphatic carbocycles. The van der Waals surface area contributed by atoms with Crippen LogP contribution in [0.15, 0.2) is 10.2 Å². The second-order valence-corrected chi connectivity index (χ2v) is 6.25. The summed E-state index contributed by atoms with van der Waals surface area (Å²) in [6, 6.07) is 0.000785. The van der Waals surface area contributed by atoms with E-state index in [9.17, 15) is 9.59 Å². The highest BCUT2D eigenvalue weighted by Crippen LogP contribution is 2.37. The van der Waals surface area contributed by atoms with Crippen LogP contribution in [0.3, 0.4) is 0 Å². The van der Waals surface area contributed by atoms with Gasteiger partial charge in [0.25, 0.3) is 0 Å². The van der Waals surface area contributed by atoms with Crippen molar-refractivity contribution in [2.45, 2.75) is 50.7 Å². The Morgan fingerprint density at radius 3 is 2.43 bits per heavy atom. The molecule has 2 aliphatic heterocycles. The van der Waals surface area contributed by atoms with E-state index in [-0.39, 0.29) is 18.4 Å². The Kier molecular flexibility index (Phi) is 5.72. The van der Waals surface area contributed by atoms with Crippen molar-refractivity contribution < 1.29 is 14.7 Å². The molecule has 1 N–H and O–H groups in total. The van der Waals surface area contributed by atoms with Crippen molar-refractivity contribution >= 4 is 11.9 Å². The van der Waals surface area contributed by atoms with Crippen molar-refractivity contribution in [3.63, 3.8) is 0 Å². The van der Waals surface area contributed by atoms with Gasteiger partial charge in [-0.3, -0.25) is 14.5 Å². The molecule has 1 unspecified atom stereocenters. The van der Waals surface area contributed by atoms with Crippen molar-refractivity contribution in [1.29, 1.82) is 0 Å². The predicted octanol–water partition coefficient (Wildman–Crippen LogP) is 1.35. The van der Waals surface area contributed by atoms with Gasteiger partial charge in [0, 0.05) is 57.9 Å². The van der Waals surface area contributed by atoms with Gasteiger partial charge in [-0.25, -0.2) is 0 Å². The lowest BCUT2D eigenvalue weighted by Crippen LogP contribution is -2.51. The Hall–Kier alpha value is -1.94. The van der Waals surface area contributed by atoms with Crippen LogP contribution in [0, 0.1) is 12.3 Å². The molecule has 2 heterocycles. The molecule has 1 saturated heterocycles. The number of carboxylic acid groups (broad SMARTS) is 1. The van der Waals surface area contributed by atoms with E-state index in [1.54, 1.807) is 0 Å². The largest absolute Gasteiger partial charge is 0.481 e. The minimum atomic E-state index is -0.787. The van der Waals surface area contributed by atoms with Crippen LogP contribution >= 0.6 is 0 Å². The Balaban J connectivity index is 1.70. The summed E-state index contributed by atoms with van der Waals surface area (Å²) >= 11 is 0. The lowest BCUT2D eigenvalue weighted by Gasteiger charge is -2.37. The fourth-order valence-corrected chi connectivity index (χ4v) is 2.93. The summed E-state index contributed by atoms with van der Waals surface area (Å²) in [4.78, 5) is 27.0. The van der Waals surface area contributed by atoms with Crippen LogP contribution < -0.4 is 0 Å². The summed E-state index contributed by atoms with van der Waals surface area (Å²) in [6.07, 6.45) is 7.79. The monoisotopic (exact) mass is 320 g/mol. The normalized spacial score (nSPS) is 20.8. The number of rotatable bonds is 8. The van der Waals surface area contributed by atoms with Crippen molar-refractivity contribution in [1.82, 2.24) is 9.80 Å². The molecule has 0 aromatic carbocycles. The molecule has 0 saturated carbocycles. The van der Waals surface area contributed by atoms with Gasteiger partial charge < -0.3 is 10.0 Å². The molecule has 126 valence electrons. The molecule has 1 amide bonds. The van der Waals surface area contributed by atoms with Crippen LogP contribution in [0.4, 0.5) is 0 Å². The van der Waals surface area contributed by atoms with E-state index < -0.39 is 11.6 Å². The average molecular weight is 320 g/mol. The van der Waals surface area contributed by atoms with E-state index >= 15 is 0 Å². The summed E-state index contributed by atoms with van der Waals surface area (Å²) in [6.45, 7) is 4.65. The fraction of sp³-hybridized carbons (Fsp3) is 0.750. The smallest absolute Gasteiger partial charge is 0.304 e. The predicted molar refractivity (Wildman–Crippen MR) is 84.8 cm³/mol. The van der Waals surface area contributed by atoms with Gasteiger partial charge in [0.05, 0.1) is 6.42 Å². The molecule has 2 aliphatic rings. The Bertz CT molecular complexity index is 512. The molecular formula is C16H24N4O3. The van der Waals surface area contributed by atoms with E-state index in [1.807, 2.05) is 11.8 Å². The topological polar surface area (TPSA) is 85.6 Å². The van der Waals surface area contributed by atoms with Gasteiger partial charge in [0.1, 0.15) is 0 Å². The van der Waals surface area contributed by atoms with E-state index in [0.717, 1.165) is 19.5 Å². The van der Waals surface area contributed by atoms with Crippen molar-refractivity contribution in [3.05, 3.63) is 0 Å². The summed E-state index contributed by atoms with van der Waals surface area (Å²) in [7, 11) is 0. The number of carbonyl (C=O) groups is 2. The van der Waals surface area contributed by atoms with Gasteiger partial charge in [0.15, 0.2) is 5.66 Å². The molecule has 0 spiro atoms. The Labute approximate surface area is 136 Å². The Morgan fingerprint density at radius 1 is 1.26 bits per heavy atom. The maximum atomic E-state index is 12.3. The second kappa shape index (κ2) is 7.55. The third kappa shape index (κ3) is 5.03. The third-order valence-corrected chi connectivity index (χ3v) is 4.55. The number of nitrogens with zero attached hydrogens (tertiary/aromatic N) is 4. The van der Waals surface area contributed by atoms with E-state index in [1.165, 1.54) is 0 Å². The molecule has 0 aromatic heterocycles. The zero-order valence-electron chi connectivity index (χ0n) is 13.6. The molecular weight excluding hydrogens is 296 g/mol. The lowest BCUT2D eigenvalue weighted by molar-refractivity contribution is -0.139. The van der Waals surface area contributed by atoms with Crippen molar-refractivity contribution in [2.24, 2.45) is 10.2 Å². The number of hydrogen-bond donors (Lipinski definition) is 1. The van der Waals surface area contributed by atoms with Gasteiger partial charge >= 0.3 is 5.97 Å². The van der Waals surface area contributed by atoms with Crippen LogP contribution in [0.5, 0.6) is 0 Å². The van der Waals surface area contributed by atoms with Crippen LogP contribution in [0.2, 0.25) is 0 Å². The minimum Gasteiger partial charge on any atom is -0.481 e. The number of amides is 1. The SMILES string of the molecule is C#CCCC1(CCC(=O)N2CCN(C(C)CC(=O)O)CC2)N=N1. The van der Waals surface area contributed by atoms with Crippen LogP contribution in [-0.4, -0.2) is 64.7 Å². The van der Waals surface area contributed by atoms with Gasteiger partial charge in [-0.2, -0.15) is 10.2 Å². The highest BCUT2D eigenvalue weighted by atomic mass is 16.4. The van der Waals surface area contributed by atoms with Gasteiger partial charge in [-0.1, -0.05) is 0 Å². The summed E-state index contributed by atoms with van der Waals surface area (Å²) in [5.74, 6) is 1.91. The summed E-state index contributed by atoms with van der Waals surface area (Å²) in [5.41, 5.74) is -0.403. The zero-order valence-corrected chi connectivity index (χ0v) is 13.6. The highest BCUT2D eigenvalue weighted by Gasteiger charge is 2.39. The fourth-order valence-electron chi connectivity index (χ4n) is 2.93. The van der Waals surface area contributed by atoms with Crippen LogP contribution in [-0.2, 0) is 9.59 Å². The maximum Gasteiger partial charge on any atom is 0.304 e. The minimum absolute atomic E-state index is 0.000785. The number of terminal acetylenes is 1. The van der Waals surface area contributed by atoms with Crippen molar-refractivity contribution in [2.75, 3.05) is 26.2 Å². The van der Waals surface area contributed by atoms with Gasteiger partial charge in [0.2, 0.25) is 5.91 Å². The molecule has 1 fully saturated rings. The van der Waals surface area contributed by atoms with Crippen molar-refractivity contribution in [3.8, 4) is 12.3 Å². The average Bonchev–Trinajstić information content (AvgIpc) is 3.30. The molecule has 0 aromatic rings. The van der Waals surface area contributed by atoms with E-state index in [2.05, 4.69) is 21.0 Å². The highest BCUT2D eigenvalue weighted by molar-refractivity contribution is 5.76.